The molecule has 0 radical (unpaired) electrons. The van der Waals surface area contributed by atoms with Gasteiger partial charge in [-0.15, -0.1) is 0 Å². The quantitative estimate of drug-likeness (QED) is 0.829. The van der Waals surface area contributed by atoms with E-state index in [-0.39, 0.29) is 15.0 Å². The molecule has 15 heavy (non-hydrogen) atoms. The average Bonchev–Trinajstić information content (AvgIpc) is 2.25. The summed E-state index contributed by atoms with van der Waals surface area (Å²) in [7, 11) is -2.23. The highest BCUT2D eigenvalue weighted by Crippen LogP contribution is 2.29. The molecule has 0 aromatic carbocycles. The van der Waals surface area contributed by atoms with E-state index in [0.29, 0.717) is 11.3 Å². The van der Waals surface area contributed by atoms with Crippen molar-refractivity contribution in [1.82, 2.24) is 4.98 Å². The van der Waals surface area contributed by atoms with Gasteiger partial charge in [0.25, 0.3) is 9.05 Å². The van der Waals surface area contributed by atoms with E-state index in [4.69, 9.17) is 10.7 Å². The maximum atomic E-state index is 11.0. The van der Waals surface area contributed by atoms with Crippen LogP contribution in [0.2, 0.25) is 0 Å². The maximum Gasteiger partial charge on any atom is 0.272 e. The van der Waals surface area contributed by atoms with E-state index in [9.17, 15) is 16.8 Å². The lowest BCUT2D eigenvalue weighted by atomic mass is 10.6. The first kappa shape index (κ1) is 12.7. The Morgan fingerprint density at radius 1 is 1.33 bits per heavy atom. The lowest BCUT2D eigenvalue weighted by Crippen LogP contribution is -2.08. The van der Waals surface area contributed by atoms with Crippen LogP contribution in [0, 0.1) is 6.92 Å². The van der Waals surface area contributed by atoms with Crippen LogP contribution >= 0.6 is 22.0 Å². The minimum absolute atomic E-state index is 0.0192. The molecule has 1 aromatic heterocycles. The Morgan fingerprint density at radius 2 is 1.87 bits per heavy atom. The third-order valence-electron chi connectivity index (χ3n) is 1.25. The Kier molecular flexibility index (Phi) is 3.29. The van der Waals surface area contributed by atoms with Crippen LogP contribution in [-0.2, 0) is 19.1 Å². The first-order valence-electron chi connectivity index (χ1n) is 3.49. The van der Waals surface area contributed by atoms with Crippen molar-refractivity contribution in [2.24, 2.45) is 0 Å². The minimum atomic E-state index is -3.87. The van der Waals surface area contributed by atoms with Crippen molar-refractivity contribution < 1.29 is 16.8 Å². The van der Waals surface area contributed by atoms with Crippen LogP contribution < -0.4 is 4.72 Å². The van der Waals surface area contributed by atoms with Gasteiger partial charge in [-0.1, -0.05) is 11.3 Å². The molecular formula is C5H7ClN2O4S3. The van der Waals surface area contributed by atoms with Crippen molar-refractivity contribution in [3.8, 4) is 0 Å². The van der Waals surface area contributed by atoms with Crippen LogP contribution in [-0.4, -0.2) is 28.1 Å². The summed E-state index contributed by atoms with van der Waals surface area (Å²) in [6, 6.07) is 0. The number of aromatic nitrogens is 1. The SMILES string of the molecule is Cc1nc(NS(C)(=O)=O)sc1S(=O)(=O)Cl. The summed E-state index contributed by atoms with van der Waals surface area (Å²) in [6.07, 6.45) is 0.943. The molecule has 6 nitrogen and oxygen atoms in total. The van der Waals surface area contributed by atoms with Crippen molar-refractivity contribution >= 4 is 46.2 Å². The molecule has 0 saturated carbocycles. The molecule has 1 aromatic rings. The van der Waals surface area contributed by atoms with Gasteiger partial charge < -0.3 is 0 Å². The second-order valence-electron chi connectivity index (χ2n) is 2.70. The fourth-order valence-electron chi connectivity index (χ4n) is 0.811. The van der Waals surface area contributed by atoms with Crippen LogP contribution in [0.3, 0.4) is 0 Å². The third-order valence-corrected chi connectivity index (χ3v) is 5.19. The van der Waals surface area contributed by atoms with Crippen molar-refractivity contribution in [3.63, 3.8) is 0 Å². The van der Waals surface area contributed by atoms with Crippen molar-refractivity contribution in [2.75, 3.05) is 11.0 Å². The van der Waals surface area contributed by atoms with Gasteiger partial charge in [0, 0.05) is 10.7 Å². The number of anilines is 1. The summed E-state index contributed by atoms with van der Waals surface area (Å²) in [6.45, 7) is 1.43. The van der Waals surface area contributed by atoms with E-state index >= 15 is 0 Å². The van der Waals surface area contributed by atoms with Gasteiger partial charge in [-0.25, -0.2) is 21.8 Å². The number of sulfonamides is 1. The van der Waals surface area contributed by atoms with Gasteiger partial charge in [0.05, 0.1) is 11.9 Å². The molecule has 0 aliphatic heterocycles. The van der Waals surface area contributed by atoms with Gasteiger partial charge in [0.2, 0.25) is 10.0 Å². The van der Waals surface area contributed by atoms with E-state index in [1.807, 2.05) is 0 Å². The Labute approximate surface area is 95.8 Å². The molecule has 0 spiro atoms. The molecule has 0 aliphatic rings. The first-order valence-corrected chi connectivity index (χ1v) is 8.51. The molecule has 0 unspecified atom stereocenters. The summed E-state index contributed by atoms with van der Waals surface area (Å²) < 4.78 is 45.6. The molecule has 0 saturated heterocycles. The standard InChI is InChI=1S/C5H7ClN2O4S3/c1-3-4(15(6,11)12)13-5(7-3)8-14(2,9)10/h1-2H3,(H,7,8). The Hall–Kier alpha value is -0.380. The fourth-order valence-corrected chi connectivity index (χ4v) is 4.00. The third kappa shape index (κ3) is 3.59. The Bertz CT molecular complexity index is 573. The lowest BCUT2D eigenvalue weighted by molar-refractivity contribution is 0.606. The van der Waals surface area contributed by atoms with Gasteiger partial charge in [-0.2, -0.15) is 0 Å². The molecule has 0 amide bonds. The van der Waals surface area contributed by atoms with Gasteiger partial charge in [0.1, 0.15) is 0 Å². The topological polar surface area (TPSA) is 93.2 Å². The molecule has 0 aliphatic carbocycles. The average molecular weight is 291 g/mol. The predicted molar refractivity (Wildman–Crippen MR) is 58.4 cm³/mol. The summed E-state index contributed by atoms with van der Waals surface area (Å²) in [5, 5.41) is -0.0192. The lowest BCUT2D eigenvalue weighted by Gasteiger charge is -1.95. The van der Waals surface area contributed by atoms with E-state index in [0.717, 1.165) is 6.26 Å². The number of thiazole rings is 1. The number of halogens is 1. The van der Waals surface area contributed by atoms with E-state index in [2.05, 4.69) is 9.71 Å². The number of hydrogen-bond donors (Lipinski definition) is 1. The van der Waals surface area contributed by atoms with Crippen LogP contribution in [0.15, 0.2) is 4.21 Å². The highest BCUT2D eigenvalue weighted by molar-refractivity contribution is 8.15. The van der Waals surface area contributed by atoms with Crippen LogP contribution in [0.4, 0.5) is 5.13 Å². The Balaban J connectivity index is 3.19. The first-order chi connectivity index (χ1) is 6.59. The largest absolute Gasteiger partial charge is 0.272 e. The van der Waals surface area contributed by atoms with E-state index < -0.39 is 19.1 Å². The summed E-state index contributed by atoms with van der Waals surface area (Å²) >= 11 is 0.672. The van der Waals surface area contributed by atoms with Gasteiger partial charge >= 0.3 is 0 Å². The second-order valence-corrected chi connectivity index (χ2v) is 8.21. The highest BCUT2D eigenvalue weighted by atomic mass is 35.7. The maximum absolute atomic E-state index is 11.0. The normalized spacial score (nSPS) is 12.7. The molecule has 1 heterocycles. The molecule has 0 fully saturated rings. The van der Waals surface area contributed by atoms with Gasteiger partial charge in [-0.05, 0) is 6.92 Å². The number of aryl methyl sites for hydroxylation is 1. The van der Waals surface area contributed by atoms with Crippen LogP contribution in [0.25, 0.3) is 0 Å². The number of nitrogens with one attached hydrogen (secondary N) is 1. The van der Waals surface area contributed by atoms with Crippen molar-refractivity contribution in [3.05, 3.63) is 5.69 Å². The number of rotatable bonds is 3. The monoisotopic (exact) mass is 290 g/mol. The zero-order valence-electron chi connectivity index (χ0n) is 7.68. The molecule has 10 heteroatoms. The molecule has 1 N–H and O–H groups in total. The zero-order chi connectivity index (χ0) is 11.9. The summed E-state index contributed by atoms with van der Waals surface area (Å²) in [4.78, 5) is 3.73. The van der Waals surface area contributed by atoms with Crippen LogP contribution in [0.1, 0.15) is 5.69 Å². The molecule has 86 valence electrons. The fraction of sp³-hybridized carbons (Fsp3) is 0.400. The highest BCUT2D eigenvalue weighted by Gasteiger charge is 2.20. The predicted octanol–water partition coefficient (Wildman–Crippen LogP) is 0.751. The van der Waals surface area contributed by atoms with Crippen molar-refractivity contribution in [2.45, 2.75) is 11.1 Å². The van der Waals surface area contributed by atoms with E-state index in [1.54, 1.807) is 0 Å². The summed E-state index contributed by atoms with van der Waals surface area (Å²) in [5.74, 6) is 0. The number of hydrogen-bond acceptors (Lipinski definition) is 6. The van der Waals surface area contributed by atoms with E-state index in [1.165, 1.54) is 6.92 Å². The van der Waals surface area contributed by atoms with Crippen LogP contribution in [0.5, 0.6) is 0 Å². The molecular weight excluding hydrogens is 284 g/mol. The summed E-state index contributed by atoms with van der Waals surface area (Å²) in [5.41, 5.74) is 0.168. The molecule has 1 rings (SSSR count). The molecule has 0 atom stereocenters. The molecule has 0 bridgehead atoms. The van der Waals surface area contributed by atoms with Gasteiger partial charge in [0.15, 0.2) is 9.34 Å². The number of nitrogens with zero attached hydrogens (tertiary/aromatic N) is 1. The van der Waals surface area contributed by atoms with Crippen molar-refractivity contribution in [1.29, 1.82) is 0 Å². The Morgan fingerprint density at radius 3 is 2.20 bits per heavy atom. The second kappa shape index (κ2) is 3.89. The zero-order valence-corrected chi connectivity index (χ0v) is 10.9. The minimum Gasteiger partial charge on any atom is -0.259 e. The van der Waals surface area contributed by atoms with Gasteiger partial charge in [-0.3, -0.25) is 4.72 Å². The smallest absolute Gasteiger partial charge is 0.259 e.